The van der Waals surface area contributed by atoms with Crippen LogP contribution in [-0.2, 0) is 4.79 Å². The molecule has 3 fully saturated rings. The number of hydrogen-bond acceptors (Lipinski definition) is 2. The molecule has 0 spiro atoms. The summed E-state index contributed by atoms with van der Waals surface area (Å²) >= 11 is 0. The highest BCUT2D eigenvalue weighted by Gasteiger charge is 2.34. The Morgan fingerprint density at radius 2 is 1.67 bits per heavy atom. The van der Waals surface area contributed by atoms with Gasteiger partial charge in [0, 0.05) is 25.0 Å². The molecule has 3 rings (SSSR count). The van der Waals surface area contributed by atoms with Gasteiger partial charge in [-0.2, -0.15) is 0 Å². The predicted octanol–water partition coefficient (Wildman–Crippen LogP) is 3.50. The summed E-state index contributed by atoms with van der Waals surface area (Å²) in [4.78, 5) is 15.0. The molecule has 0 aromatic carbocycles. The van der Waals surface area contributed by atoms with E-state index < -0.39 is 0 Å². The topological polar surface area (TPSA) is 46.3 Å². The molecule has 3 saturated carbocycles. The van der Waals surface area contributed by atoms with Crippen LogP contribution in [0.4, 0.5) is 0 Å². The van der Waals surface area contributed by atoms with Crippen LogP contribution in [0, 0.1) is 11.8 Å². The zero-order chi connectivity index (χ0) is 13.9. The van der Waals surface area contributed by atoms with Crippen LogP contribution in [-0.4, -0.2) is 29.4 Å². The molecule has 0 radical (unpaired) electrons. The van der Waals surface area contributed by atoms with E-state index in [0.717, 1.165) is 25.3 Å². The molecule has 4 heteroatoms. The minimum absolute atomic E-state index is 0. The summed E-state index contributed by atoms with van der Waals surface area (Å²) in [5.41, 5.74) is 6.15. The molecule has 0 heterocycles. The van der Waals surface area contributed by atoms with Crippen LogP contribution in [0.15, 0.2) is 0 Å². The predicted molar refractivity (Wildman–Crippen MR) is 88.5 cm³/mol. The van der Waals surface area contributed by atoms with Crippen LogP contribution >= 0.6 is 12.4 Å². The van der Waals surface area contributed by atoms with E-state index in [4.69, 9.17) is 5.73 Å². The van der Waals surface area contributed by atoms with Gasteiger partial charge in [0.2, 0.25) is 5.91 Å². The second kappa shape index (κ2) is 7.82. The standard InChI is InChI=1S/C17H30N2O.ClH/c18-16-8-4-5-14(16)11-17(20)19(12-13-9-10-13)15-6-2-1-3-7-15;/h13-16H,1-12,18H2;1H/t14-,16+;/m0./s1. The molecule has 0 aliphatic heterocycles. The lowest BCUT2D eigenvalue weighted by molar-refractivity contribution is -0.135. The third kappa shape index (κ3) is 4.59. The van der Waals surface area contributed by atoms with Gasteiger partial charge in [0.25, 0.3) is 0 Å². The lowest BCUT2D eigenvalue weighted by Gasteiger charge is -2.35. The minimum atomic E-state index is 0. The van der Waals surface area contributed by atoms with Crippen molar-refractivity contribution in [1.29, 1.82) is 0 Å². The first kappa shape index (κ1) is 17.1. The summed E-state index contributed by atoms with van der Waals surface area (Å²) < 4.78 is 0. The van der Waals surface area contributed by atoms with Gasteiger partial charge in [-0.3, -0.25) is 4.79 Å². The molecule has 2 atom stereocenters. The van der Waals surface area contributed by atoms with Crippen LogP contribution in [0.1, 0.15) is 70.6 Å². The van der Waals surface area contributed by atoms with Gasteiger partial charge in [-0.05, 0) is 50.4 Å². The van der Waals surface area contributed by atoms with Crippen LogP contribution in [0.5, 0.6) is 0 Å². The fraction of sp³-hybridized carbons (Fsp3) is 0.941. The molecule has 0 saturated heterocycles. The third-order valence-electron chi connectivity index (χ3n) is 5.64. The van der Waals surface area contributed by atoms with E-state index in [2.05, 4.69) is 4.90 Å². The fourth-order valence-corrected chi connectivity index (χ4v) is 4.09. The first-order valence-electron chi connectivity index (χ1n) is 8.79. The van der Waals surface area contributed by atoms with Crippen LogP contribution < -0.4 is 5.73 Å². The summed E-state index contributed by atoms with van der Waals surface area (Å²) in [7, 11) is 0. The molecule has 0 aromatic rings. The molecule has 2 N–H and O–H groups in total. The van der Waals surface area contributed by atoms with Crippen molar-refractivity contribution in [3.05, 3.63) is 0 Å². The van der Waals surface area contributed by atoms with Crippen molar-refractivity contribution in [2.75, 3.05) is 6.54 Å². The van der Waals surface area contributed by atoms with Crippen LogP contribution in [0.2, 0.25) is 0 Å². The van der Waals surface area contributed by atoms with Crippen molar-refractivity contribution in [2.24, 2.45) is 17.6 Å². The fourth-order valence-electron chi connectivity index (χ4n) is 4.09. The molecular formula is C17H31ClN2O. The summed E-state index contributed by atoms with van der Waals surface area (Å²) in [5.74, 6) is 1.66. The Labute approximate surface area is 135 Å². The number of hydrogen-bond donors (Lipinski definition) is 1. The Hall–Kier alpha value is -0.280. The largest absolute Gasteiger partial charge is 0.339 e. The van der Waals surface area contributed by atoms with Crippen molar-refractivity contribution in [3.63, 3.8) is 0 Å². The summed E-state index contributed by atoms with van der Waals surface area (Å²) in [6.45, 7) is 1.03. The van der Waals surface area contributed by atoms with Crippen molar-refractivity contribution in [2.45, 2.75) is 82.7 Å². The monoisotopic (exact) mass is 314 g/mol. The highest BCUT2D eigenvalue weighted by atomic mass is 35.5. The van der Waals surface area contributed by atoms with Gasteiger partial charge < -0.3 is 10.6 Å². The molecule has 0 aromatic heterocycles. The summed E-state index contributed by atoms with van der Waals surface area (Å²) in [5, 5.41) is 0. The van der Waals surface area contributed by atoms with E-state index in [1.807, 2.05) is 0 Å². The molecule has 3 aliphatic carbocycles. The van der Waals surface area contributed by atoms with Gasteiger partial charge in [0.1, 0.15) is 0 Å². The molecule has 1 amide bonds. The third-order valence-corrected chi connectivity index (χ3v) is 5.64. The smallest absolute Gasteiger partial charge is 0.223 e. The normalized spacial score (nSPS) is 30.0. The highest BCUT2D eigenvalue weighted by Crippen LogP contribution is 2.34. The Bertz CT molecular complexity index is 340. The zero-order valence-electron chi connectivity index (χ0n) is 13.1. The van der Waals surface area contributed by atoms with Crippen molar-refractivity contribution in [1.82, 2.24) is 4.90 Å². The quantitative estimate of drug-likeness (QED) is 0.844. The Kier molecular flexibility index (Phi) is 6.36. The van der Waals surface area contributed by atoms with Gasteiger partial charge in [0.05, 0.1) is 0 Å². The lowest BCUT2D eigenvalue weighted by Crippen LogP contribution is -2.44. The van der Waals surface area contributed by atoms with E-state index in [9.17, 15) is 4.79 Å². The maximum absolute atomic E-state index is 12.8. The summed E-state index contributed by atoms with van der Waals surface area (Å²) in [6, 6.07) is 0.808. The van der Waals surface area contributed by atoms with E-state index in [-0.39, 0.29) is 18.4 Å². The maximum Gasteiger partial charge on any atom is 0.223 e. The van der Waals surface area contributed by atoms with E-state index in [0.29, 0.717) is 24.3 Å². The second-order valence-electron chi connectivity index (χ2n) is 7.34. The average molecular weight is 315 g/mol. The number of nitrogens with zero attached hydrogens (tertiary/aromatic N) is 1. The molecule has 3 aliphatic rings. The Morgan fingerprint density at radius 1 is 0.952 bits per heavy atom. The number of carbonyl (C=O) groups excluding carboxylic acids is 1. The number of halogens is 1. The Balaban J connectivity index is 0.00000161. The van der Waals surface area contributed by atoms with Crippen LogP contribution in [0.3, 0.4) is 0 Å². The lowest BCUT2D eigenvalue weighted by atomic mass is 9.92. The molecule has 122 valence electrons. The minimum Gasteiger partial charge on any atom is -0.339 e. The van der Waals surface area contributed by atoms with Gasteiger partial charge in [0.15, 0.2) is 0 Å². The van der Waals surface area contributed by atoms with E-state index in [1.54, 1.807) is 0 Å². The Morgan fingerprint density at radius 3 is 2.24 bits per heavy atom. The first-order chi connectivity index (χ1) is 9.74. The van der Waals surface area contributed by atoms with Gasteiger partial charge >= 0.3 is 0 Å². The second-order valence-corrected chi connectivity index (χ2v) is 7.34. The van der Waals surface area contributed by atoms with Gasteiger partial charge in [-0.15, -0.1) is 12.4 Å². The summed E-state index contributed by atoms with van der Waals surface area (Å²) in [6.07, 6.45) is 13.3. The van der Waals surface area contributed by atoms with E-state index in [1.165, 1.54) is 51.4 Å². The molecular weight excluding hydrogens is 284 g/mol. The van der Waals surface area contributed by atoms with Gasteiger partial charge in [-0.1, -0.05) is 25.7 Å². The van der Waals surface area contributed by atoms with Crippen molar-refractivity contribution >= 4 is 18.3 Å². The zero-order valence-corrected chi connectivity index (χ0v) is 14.0. The number of carbonyl (C=O) groups is 1. The van der Waals surface area contributed by atoms with Crippen molar-refractivity contribution < 1.29 is 4.79 Å². The SMILES string of the molecule is Cl.N[C@@H]1CCC[C@H]1CC(=O)N(CC1CC1)C1CCCCC1. The molecule has 0 bridgehead atoms. The average Bonchev–Trinajstić information content (AvgIpc) is 3.20. The first-order valence-corrected chi connectivity index (χ1v) is 8.79. The molecule has 0 unspecified atom stereocenters. The number of amides is 1. The number of nitrogens with two attached hydrogens (primary N) is 1. The van der Waals surface area contributed by atoms with Crippen LogP contribution in [0.25, 0.3) is 0 Å². The van der Waals surface area contributed by atoms with E-state index >= 15 is 0 Å². The molecule has 3 nitrogen and oxygen atoms in total. The maximum atomic E-state index is 12.8. The highest BCUT2D eigenvalue weighted by molar-refractivity contribution is 5.85. The number of rotatable bonds is 5. The van der Waals surface area contributed by atoms with Crippen molar-refractivity contribution in [3.8, 4) is 0 Å². The van der Waals surface area contributed by atoms with Gasteiger partial charge in [-0.25, -0.2) is 0 Å². The molecule has 21 heavy (non-hydrogen) atoms.